The molecule has 0 saturated carbocycles. The molecule has 1 fully saturated rings. The van der Waals surface area contributed by atoms with E-state index in [2.05, 4.69) is 20.9 Å². The Morgan fingerprint density at radius 2 is 1.85 bits per heavy atom. The van der Waals surface area contributed by atoms with Crippen molar-refractivity contribution in [2.45, 2.75) is 6.42 Å². The second-order valence-corrected chi connectivity index (χ2v) is 7.19. The van der Waals surface area contributed by atoms with Crippen molar-refractivity contribution in [2.75, 3.05) is 31.1 Å². The minimum absolute atomic E-state index is 0.107. The summed E-state index contributed by atoms with van der Waals surface area (Å²) >= 11 is 12.0. The number of hydrogen-bond donors (Lipinski definition) is 1. The smallest absolute Gasteiger partial charge is 0.227 e. The van der Waals surface area contributed by atoms with Gasteiger partial charge < -0.3 is 14.8 Å². The lowest BCUT2D eigenvalue weighted by atomic mass is 10.1. The van der Waals surface area contributed by atoms with Gasteiger partial charge in [-0.05, 0) is 35.9 Å². The molecule has 1 aliphatic rings. The van der Waals surface area contributed by atoms with E-state index in [1.807, 2.05) is 29.3 Å². The standard InChI is InChI=1S/C19H18Cl2N4O/c20-15-3-1-13(11-16(15)21)12-18(26)25-9-7-24(8-10-25)17-4-2-14-5-6-22-19(14)23-17/h1-6,11H,7-10,12H2,(H,22,23). The minimum Gasteiger partial charge on any atom is -0.353 e. The highest BCUT2D eigenvalue weighted by atomic mass is 35.5. The van der Waals surface area contributed by atoms with Gasteiger partial charge >= 0.3 is 0 Å². The van der Waals surface area contributed by atoms with Crippen LogP contribution in [0.1, 0.15) is 5.56 Å². The van der Waals surface area contributed by atoms with Gasteiger partial charge in [0.2, 0.25) is 5.91 Å². The summed E-state index contributed by atoms with van der Waals surface area (Å²) in [6, 6.07) is 11.4. The zero-order valence-electron chi connectivity index (χ0n) is 14.1. The first-order chi connectivity index (χ1) is 12.6. The van der Waals surface area contributed by atoms with Gasteiger partial charge in [-0.15, -0.1) is 0 Å². The number of hydrogen-bond acceptors (Lipinski definition) is 3. The van der Waals surface area contributed by atoms with Gasteiger partial charge in [-0.25, -0.2) is 4.98 Å². The van der Waals surface area contributed by atoms with Gasteiger partial charge in [-0.2, -0.15) is 0 Å². The molecule has 1 aromatic carbocycles. The van der Waals surface area contributed by atoms with Crippen LogP contribution < -0.4 is 4.90 Å². The first kappa shape index (κ1) is 17.2. The molecule has 0 unspecified atom stereocenters. The van der Waals surface area contributed by atoms with Crippen LogP contribution in [-0.2, 0) is 11.2 Å². The Labute approximate surface area is 161 Å². The van der Waals surface area contributed by atoms with Crippen LogP contribution >= 0.6 is 23.2 Å². The number of amides is 1. The molecule has 134 valence electrons. The van der Waals surface area contributed by atoms with Crippen LogP contribution in [0.25, 0.3) is 11.0 Å². The van der Waals surface area contributed by atoms with Crippen molar-refractivity contribution in [3.63, 3.8) is 0 Å². The largest absolute Gasteiger partial charge is 0.353 e. The van der Waals surface area contributed by atoms with Gasteiger partial charge in [0.1, 0.15) is 11.5 Å². The SMILES string of the molecule is O=C(Cc1ccc(Cl)c(Cl)c1)N1CCN(c2ccc3cc[nH]c3n2)CC1. The van der Waals surface area contributed by atoms with E-state index in [9.17, 15) is 4.79 Å². The van der Waals surface area contributed by atoms with Crippen molar-refractivity contribution < 1.29 is 4.79 Å². The summed E-state index contributed by atoms with van der Waals surface area (Å²) < 4.78 is 0. The number of halogens is 2. The van der Waals surface area contributed by atoms with Crippen LogP contribution in [0.15, 0.2) is 42.6 Å². The highest BCUT2D eigenvalue weighted by molar-refractivity contribution is 6.42. The van der Waals surface area contributed by atoms with E-state index in [1.165, 1.54) is 0 Å². The molecule has 5 nitrogen and oxygen atoms in total. The van der Waals surface area contributed by atoms with Crippen LogP contribution in [0.3, 0.4) is 0 Å². The maximum atomic E-state index is 12.6. The third-order valence-corrected chi connectivity index (χ3v) is 5.43. The van der Waals surface area contributed by atoms with E-state index in [4.69, 9.17) is 23.2 Å². The summed E-state index contributed by atoms with van der Waals surface area (Å²) in [7, 11) is 0. The van der Waals surface area contributed by atoms with Crippen molar-refractivity contribution in [3.8, 4) is 0 Å². The summed E-state index contributed by atoms with van der Waals surface area (Å²) in [6.45, 7) is 2.91. The van der Waals surface area contributed by atoms with Gasteiger partial charge in [-0.3, -0.25) is 4.79 Å². The number of anilines is 1. The Bertz CT molecular complexity index is 948. The number of carbonyl (C=O) groups is 1. The van der Waals surface area contributed by atoms with Gasteiger partial charge in [0.25, 0.3) is 0 Å². The lowest BCUT2D eigenvalue weighted by molar-refractivity contribution is -0.130. The fourth-order valence-electron chi connectivity index (χ4n) is 3.22. The minimum atomic E-state index is 0.107. The zero-order chi connectivity index (χ0) is 18.1. The van der Waals surface area contributed by atoms with E-state index < -0.39 is 0 Å². The lowest BCUT2D eigenvalue weighted by Gasteiger charge is -2.35. The molecular formula is C19H18Cl2N4O. The molecule has 26 heavy (non-hydrogen) atoms. The van der Waals surface area contributed by atoms with E-state index in [0.717, 1.165) is 35.5 Å². The van der Waals surface area contributed by atoms with Gasteiger partial charge in [0.05, 0.1) is 16.5 Å². The van der Waals surface area contributed by atoms with Crippen molar-refractivity contribution >= 4 is 46.0 Å². The molecule has 1 N–H and O–H groups in total. The number of H-pyrrole nitrogens is 1. The molecule has 0 bridgehead atoms. The number of nitrogens with one attached hydrogen (secondary N) is 1. The fourth-order valence-corrected chi connectivity index (χ4v) is 3.54. The quantitative estimate of drug-likeness (QED) is 0.742. The second kappa shape index (κ2) is 7.17. The number of fused-ring (bicyclic) bond motifs is 1. The van der Waals surface area contributed by atoms with Crippen molar-refractivity contribution in [2.24, 2.45) is 0 Å². The summed E-state index contributed by atoms with van der Waals surface area (Å²) in [6.07, 6.45) is 2.23. The zero-order valence-corrected chi connectivity index (χ0v) is 15.6. The third-order valence-electron chi connectivity index (χ3n) is 4.69. The van der Waals surface area contributed by atoms with Crippen LogP contribution in [-0.4, -0.2) is 47.0 Å². The first-order valence-electron chi connectivity index (χ1n) is 8.51. The molecule has 4 rings (SSSR count). The molecule has 7 heteroatoms. The summed E-state index contributed by atoms with van der Waals surface area (Å²) in [4.78, 5) is 24.5. The molecule has 1 amide bonds. The maximum Gasteiger partial charge on any atom is 0.227 e. The third kappa shape index (κ3) is 3.50. The van der Waals surface area contributed by atoms with E-state index in [-0.39, 0.29) is 5.91 Å². The molecule has 3 aromatic rings. The number of pyridine rings is 1. The predicted octanol–water partition coefficient (Wildman–Crippen LogP) is 3.76. The maximum absolute atomic E-state index is 12.6. The van der Waals surface area contributed by atoms with Crippen molar-refractivity contribution in [3.05, 3.63) is 58.2 Å². The average Bonchev–Trinajstić information content (AvgIpc) is 3.12. The highest BCUT2D eigenvalue weighted by Gasteiger charge is 2.22. The van der Waals surface area contributed by atoms with Crippen LogP contribution in [0.4, 0.5) is 5.82 Å². The Morgan fingerprint density at radius 3 is 2.62 bits per heavy atom. The summed E-state index contributed by atoms with van der Waals surface area (Å²) in [5, 5.41) is 2.08. The van der Waals surface area contributed by atoms with E-state index in [0.29, 0.717) is 29.6 Å². The molecular weight excluding hydrogens is 371 g/mol. The molecule has 2 aromatic heterocycles. The number of benzene rings is 1. The molecule has 1 saturated heterocycles. The Morgan fingerprint density at radius 1 is 1.04 bits per heavy atom. The molecule has 3 heterocycles. The lowest BCUT2D eigenvalue weighted by Crippen LogP contribution is -2.49. The van der Waals surface area contributed by atoms with Gasteiger partial charge in [0, 0.05) is 37.8 Å². The van der Waals surface area contributed by atoms with E-state index in [1.54, 1.807) is 12.1 Å². The van der Waals surface area contributed by atoms with E-state index >= 15 is 0 Å². The average molecular weight is 389 g/mol. The molecule has 1 aliphatic heterocycles. The highest BCUT2D eigenvalue weighted by Crippen LogP contribution is 2.23. The monoisotopic (exact) mass is 388 g/mol. The number of carbonyl (C=O) groups excluding carboxylic acids is 1. The van der Waals surface area contributed by atoms with Crippen LogP contribution in [0.2, 0.25) is 10.0 Å². The van der Waals surface area contributed by atoms with Crippen LogP contribution in [0.5, 0.6) is 0 Å². The second-order valence-electron chi connectivity index (χ2n) is 6.38. The molecule has 0 aliphatic carbocycles. The van der Waals surface area contributed by atoms with Gasteiger partial charge in [0.15, 0.2) is 0 Å². The molecule has 0 spiro atoms. The number of nitrogens with zero attached hydrogens (tertiary/aromatic N) is 3. The normalized spacial score (nSPS) is 14.8. The number of aromatic nitrogens is 2. The molecule has 0 atom stereocenters. The summed E-state index contributed by atoms with van der Waals surface area (Å²) in [5.74, 6) is 1.05. The number of rotatable bonds is 3. The van der Waals surface area contributed by atoms with Crippen LogP contribution in [0, 0.1) is 0 Å². The Kier molecular flexibility index (Phi) is 4.74. The molecule has 0 radical (unpaired) electrons. The number of aromatic amines is 1. The number of piperazine rings is 1. The van der Waals surface area contributed by atoms with Crippen molar-refractivity contribution in [1.29, 1.82) is 0 Å². The summed E-state index contributed by atoms with van der Waals surface area (Å²) in [5.41, 5.74) is 1.77. The first-order valence-corrected chi connectivity index (χ1v) is 9.26. The van der Waals surface area contributed by atoms with Crippen molar-refractivity contribution in [1.82, 2.24) is 14.9 Å². The fraction of sp³-hybridized carbons (Fsp3) is 0.263. The Balaban J connectivity index is 1.37. The van der Waals surface area contributed by atoms with Gasteiger partial charge in [-0.1, -0.05) is 29.3 Å². The topological polar surface area (TPSA) is 52.2 Å². The Hall–Kier alpha value is -2.24. The predicted molar refractivity (Wildman–Crippen MR) is 105 cm³/mol.